The van der Waals surface area contributed by atoms with Crippen molar-refractivity contribution in [3.8, 4) is 0 Å². The van der Waals surface area contributed by atoms with Crippen LogP contribution in [-0.4, -0.2) is 45.5 Å². The molecule has 7 nitrogen and oxygen atoms in total. The zero-order valence-corrected chi connectivity index (χ0v) is 14.2. The standard InChI is InChI=1S/C18H21N5O2/c1-22-16-7-8-23(11-14(16)17(20-22)18(19)24)10-13-9-15(21-25-13)12-5-3-2-4-6-12/h2-6,13H,7-11H2,1H3,(H2,19,24)/t13-/m1/s1. The van der Waals surface area contributed by atoms with Gasteiger partial charge in [0.25, 0.3) is 5.91 Å². The van der Waals surface area contributed by atoms with Crippen molar-refractivity contribution in [2.24, 2.45) is 17.9 Å². The first-order valence-corrected chi connectivity index (χ1v) is 8.47. The molecule has 0 spiro atoms. The molecule has 1 atom stereocenters. The number of carbonyl (C=O) groups excluding carboxylic acids is 1. The lowest BCUT2D eigenvalue weighted by Crippen LogP contribution is -2.37. The minimum absolute atomic E-state index is 0.0328. The Balaban J connectivity index is 1.42. The Morgan fingerprint density at radius 1 is 1.36 bits per heavy atom. The summed E-state index contributed by atoms with van der Waals surface area (Å²) in [5.74, 6) is -0.467. The summed E-state index contributed by atoms with van der Waals surface area (Å²) in [5.41, 5.74) is 9.99. The number of nitrogens with zero attached hydrogens (tertiary/aromatic N) is 4. The largest absolute Gasteiger partial charge is 0.390 e. The van der Waals surface area contributed by atoms with Crippen LogP contribution in [0.15, 0.2) is 35.5 Å². The molecule has 2 aliphatic heterocycles. The summed E-state index contributed by atoms with van der Waals surface area (Å²) in [7, 11) is 1.86. The third kappa shape index (κ3) is 3.02. The van der Waals surface area contributed by atoms with E-state index in [4.69, 9.17) is 10.6 Å². The topological polar surface area (TPSA) is 85.7 Å². The van der Waals surface area contributed by atoms with E-state index in [1.54, 1.807) is 4.68 Å². The van der Waals surface area contributed by atoms with E-state index in [2.05, 4.69) is 15.2 Å². The fraction of sp³-hybridized carbons (Fsp3) is 0.389. The van der Waals surface area contributed by atoms with Gasteiger partial charge in [0.15, 0.2) is 5.69 Å². The second-order valence-electron chi connectivity index (χ2n) is 6.58. The van der Waals surface area contributed by atoms with Crippen LogP contribution in [0.25, 0.3) is 0 Å². The van der Waals surface area contributed by atoms with Crippen LogP contribution in [0, 0.1) is 0 Å². The Kier molecular flexibility index (Phi) is 4.01. The van der Waals surface area contributed by atoms with Gasteiger partial charge in [-0.1, -0.05) is 35.5 Å². The van der Waals surface area contributed by atoms with Crippen molar-refractivity contribution in [1.82, 2.24) is 14.7 Å². The smallest absolute Gasteiger partial charge is 0.269 e. The molecule has 1 amide bonds. The van der Waals surface area contributed by atoms with Crippen LogP contribution in [-0.2, 0) is 24.9 Å². The maximum atomic E-state index is 11.6. The number of carbonyl (C=O) groups is 1. The molecule has 1 aromatic carbocycles. The summed E-state index contributed by atoms with van der Waals surface area (Å²) in [6.45, 7) is 2.35. The van der Waals surface area contributed by atoms with Gasteiger partial charge in [0.2, 0.25) is 0 Å². The zero-order valence-electron chi connectivity index (χ0n) is 14.2. The number of hydrogen-bond donors (Lipinski definition) is 1. The fourth-order valence-corrected chi connectivity index (χ4v) is 3.62. The monoisotopic (exact) mass is 339 g/mol. The third-order valence-corrected chi connectivity index (χ3v) is 4.86. The first kappa shape index (κ1) is 15.8. The van der Waals surface area contributed by atoms with E-state index >= 15 is 0 Å². The van der Waals surface area contributed by atoms with Crippen molar-refractivity contribution in [3.63, 3.8) is 0 Å². The second-order valence-corrected chi connectivity index (χ2v) is 6.58. The molecule has 3 heterocycles. The lowest BCUT2D eigenvalue weighted by molar-refractivity contribution is 0.0485. The minimum Gasteiger partial charge on any atom is -0.390 e. The third-order valence-electron chi connectivity index (χ3n) is 4.86. The highest BCUT2D eigenvalue weighted by Gasteiger charge is 2.30. The number of oxime groups is 1. The molecule has 0 saturated heterocycles. The number of primary amides is 1. The second kappa shape index (κ2) is 6.33. The van der Waals surface area contributed by atoms with Gasteiger partial charge in [0.05, 0.1) is 5.71 Å². The minimum atomic E-state index is -0.467. The van der Waals surface area contributed by atoms with Crippen LogP contribution < -0.4 is 5.73 Å². The first-order chi connectivity index (χ1) is 12.1. The number of aryl methyl sites for hydroxylation is 1. The van der Waals surface area contributed by atoms with Gasteiger partial charge in [0, 0.05) is 50.8 Å². The van der Waals surface area contributed by atoms with Gasteiger partial charge in [-0.2, -0.15) is 5.10 Å². The van der Waals surface area contributed by atoms with Crippen LogP contribution in [0.5, 0.6) is 0 Å². The highest BCUT2D eigenvalue weighted by Crippen LogP contribution is 2.24. The predicted octanol–water partition coefficient (Wildman–Crippen LogP) is 1.07. The molecule has 2 aromatic rings. The maximum Gasteiger partial charge on any atom is 0.269 e. The molecule has 2 aliphatic rings. The molecule has 0 unspecified atom stereocenters. The Hall–Kier alpha value is -2.67. The number of hydrogen-bond acceptors (Lipinski definition) is 5. The summed E-state index contributed by atoms with van der Waals surface area (Å²) in [6.07, 6.45) is 1.68. The normalized spacial score (nSPS) is 20.0. The molecule has 2 N–H and O–H groups in total. The number of fused-ring (bicyclic) bond motifs is 1. The number of aromatic nitrogens is 2. The van der Waals surface area contributed by atoms with Crippen molar-refractivity contribution >= 4 is 11.6 Å². The van der Waals surface area contributed by atoms with Gasteiger partial charge in [-0.05, 0) is 5.56 Å². The van der Waals surface area contributed by atoms with Crippen LogP contribution in [0.3, 0.4) is 0 Å². The van der Waals surface area contributed by atoms with E-state index in [0.29, 0.717) is 12.2 Å². The predicted molar refractivity (Wildman–Crippen MR) is 93.2 cm³/mol. The van der Waals surface area contributed by atoms with Crippen molar-refractivity contribution in [3.05, 3.63) is 52.8 Å². The number of nitrogens with two attached hydrogens (primary N) is 1. The van der Waals surface area contributed by atoms with E-state index in [9.17, 15) is 4.79 Å². The number of amides is 1. The van der Waals surface area contributed by atoms with Crippen LogP contribution >= 0.6 is 0 Å². The summed E-state index contributed by atoms with van der Waals surface area (Å²) in [5, 5.41) is 8.52. The Labute approximate surface area is 146 Å². The molecule has 7 heteroatoms. The van der Waals surface area contributed by atoms with Crippen molar-refractivity contribution in [1.29, 1.82) is 0 Å². The Morgan fingerprint density at radius 3 is 2.92 bits per heavy atom. The summed E-state index contributed by atoms with van der Waals surface area (Å²) in [6, 6.07) is 10.1. The van der Waals surface area contributed by atoms with E-state index in [1.165, 1.54) is 0 Å². The SMILES string of the molecule is Cn1nc(C(N)=O)c2c1CCN(C[C@H]1CC(c3ccccc3)=NO1)C2. The lowest BCUT2D eigenvalue weighted by Gasteiger charge is -2.28. The van der Waals surface area contributed by atoms with Gasteiger partial charge in [-0.3, -0.25) is 14.4 Å². The highest BCUT2D eigenvalue weighted by atomic mass is 16.6. The summed E-state index contributed by atoms with van der Waals surface area (Å²) < 4.78 is 1.77. The molecule has 25 heavy (non-hydrogen) atoms. The molecule has 130 valence electrons. The highest BCUT2D eigenvalue weighted by molar-refractivity contribution is 6.01. The van der Waals surface area contributed by atoms with Crippen LogP contribution in [0.1, 0.15) is 33.7 Å². The summed E-state index contributed by atoms with van der Waals surface area (Å²) in [4.78, 5) is 19.5. The molecular weight excluding hydrogens is 318 g/mol. The average Bonchev–Trinajstić information content (AvgIpc) is 3.21. The Bertz CT molecular complexity index is 827. The molecule has 1 aromatic heterocycles. The van der Waals surface area contributed by atoms with E-state index < -0.39 is 5.91 Å². The first-order valence-electron chi connectivity index (χ1n) is 8.47. The van der Waals surface area contributed by atoms with Gasteiger partial charge in [-0.25, -0.2) is 0 Å². The van der Waals surface area contributed by atoms with Gasteiger partial charge >= 0.3 is 0 Å². The van der Waals surface area contributed by atoms with Gasteiger partial charge in [-0.15, -0.1) is 0 Å². The molecule has 4 rings (SSSR count). The molecule has 0 bridgehead atoms. The number of rotatable bonds is 4. The number of benzene rings is 1. The van der Waals surface area contributed by atoms with Crippen LogP contribution in [0.2, 0.25) is 0 Å². The molecular formula is C18H21N5O2. The molecule has 0 fully saturated rings. The van der Waals surface area contributed by atoms with Gasteiger partial charge < -0.3 is 10.6 Å². The summed E-state index contributed by atoms with van der Waals surface area (Å²) >= 11 is 0. The molecule has 0 radical (unpaired) electrons. The zero-order chi connectivity index (χ0) is 17.4. The van der Waals surface area contributed by atoms with Gasteiger partial charge in [0.1, 0.15) is 6.10 Å². The van der Waals surface area contributed by atoms with Crippen molar-refractivity contribution in [2.45, 2.75) is 25.5 Å². The Morgan fingerprint density at radius 2 is 2.16 bits per heavy atom. The van der Waals surface area contributed by atoms with Crippen molar-refractivity contribution in [2.75, 3.05) is 13.1 Å². The maximum absolute atomic E-state index is 11.6. The van der Waals surface area contributed by atoms with Crippen molar-refractivity contribution < 1.29 is 9.63 Å². The van der Waals surface area contributed by atoms with Crippen LogP contribution in [0.4, 0.5) is 0 Å². The molecule has 0 aliphatic carbocycles. The average molecular weight is 339 g/mol. The van der Waals surface area contributed by atoms with E-state index in [1.807, 2.05) is 37.4 Å². The molecule has 0 saturated carbocycles. The van der Waals surface area contributed by atoms with E-state index in [-0.39, 0.29) is 6.10 Å². The lowest BCUT2D eigenvalue weighted by atomic mass is 10.0. The fourth-order valence-electron chi connectivity index (χ4n) is 3.62. The van der Waals surface area contributed by atoms with E-state index in [0.717, 1.165) is 48.5 Å². The quantitative estimate of drug-likeness (QED) is 0.903.